The number of aryl methyl sites for hydroxylation is 1. The zero-order chi connectivity index (χ0) is 23.4. The number of anilines is 1. The van der Waals surface area contributed by atoms with E-state index in [1.165, 1.54) is 0 Å². The number of methoxy groups -OCH3 is 1. The highest BCUT2D eigenvalue weighted by Gasteiger charge is 2.37. The van der Waals surface area contributed by atoms with Gasteiger partial charge in [-0.1, -0.05) is 42.8 Å². The molecule has 0 spiro atoms. The first-order chi connectivity index (χ1) is 15.8. The van der Waals surface area contributed by atoms with Crippen LogP contribution in [0.3, 0.4) is 0 Å². The maximum absolute atomic E-state index is 13.6. The van der Waals surface area contributed by atoms with Crippen molar-refractivity contribution in [3.8, 4) is 0 Å². The second-order valence-electron chi connectivity index (χ2n) is 9.52. The van der Waals surface area contributed by atoms with Gasteiger partial charge >= 0.3 is 0 Å². The first kappa shape index (κ1) is 21.8. The predicted octanol–water partition coefficient (Wildman–Crippen LogP) is 5.08. The van der Waals surface area contributed by atoms with E-state index in [2.05, 4.69) is 13.8 Å². The van der Waals surface area contributed by atoms with Gasteiger partial charge in [-0.3, -0.25) is 9.59 Å². The molecule has 2 N–H and O–H groups in total. The highest BCUT2D eigenvalue weighted by atomic mass is 16.7. The number of ether oxygens (including phenoxy) is 2. The van der Waals surface area contributed by atoms with Crippen molar-refractivity contribution in [3.05, 3.63) is 75.8 Å². The van der Waals surface area contributed by atoms with Gasteiger partial charge < -0.3 is 15.2 Å². The maximum Gasteiger partial charge on any atom is 0.196 e. The molecule has 2 aliphatic rings. The first-order valence-corrected chi connectivity index (χ1v) is 11.5. The fourth-order valence-electron chi connectivity index (χ4n) is 5.54. The van der Waals surface area contributed by atoms with Crippen LogP contribution in [0.2, 0.25) is 0 Å². The van der Waals surface area contributed by atoms with Crippen LogP contribution in [0, 0.1) is 18.8 Å². The summed E-state index contributed by atoms with van der Waals surface area (Å²) in [5.74, 6) is 0.299. The molecular weight excluding hydrogens is 414 g/mol. The van der Waals surface area contributed by atoms with Gasteiger partial charge in [0.1, 0.15) is 0 Å². The number of hydrogen-bond donors (Lipinski definition) is 1. The Morgan fingerprint density at radius 1 is 1.00 bits per heavy atom. The summed E-state index contributed by atoms with van der Waals surface area (Å²) in [5.41, 5.74) is 10.6. The van der Waals surface area contributed by atoms with E-state index in [4.69, 9.17) is 15.2 Å². The van der Waals surface area contributed by atoms with E-state index < -0.39 is 0 Å². The van der Waals surface area contributed by atoms with E-state index in [-0.39, 0.29) is 29.9 Å². The third-order valence-corrected chi connectivity index (χ3v) is 7.44. The van der Waals surface area contributed by atoms with Crippen molar-refractivity contribution in [2.45, 2.75) is 46.0 Å². The van der Waals surface area contributed by atoms with E-state index in [1.807, 2.05) is 37.3 Å². The van der Waals surface area contributed by atoms with E-state index >= 15 is 0 Å². The Bertz CT molecular complexity index is 1280. The number of hydrogen-bond acceptors (Lipinski definition) is 5. The molecule has 0 bridgehead atoms. The Labute approximate surface area is 193 Å². The molecule has 1 fully saturated rings. The Hall–Kier alpha value is -3.02. The van der Waals surface area contributed by atoms with Crippen molar-refractivity contribution in [2.24, 2.45) is 11.8 Å². The molecule has 1 heterocycles. The van der Waals surface area contributed by atoms with Gasteiger partial charge in [0.2, 0.25) is 0 Å². The Kier molecular flexibility index (Phi) is 5.34. The quantitative estimate of drug-likeness (QED) is 0.447. The van der Waals surface area contributed by atoms with Crippen molar-refractivity contribution in [3.63, 3.8) is 0 Å². The number of nitrogen functional groups attached to an aromatic ring is 1. The average Bonchev–Trinajstić information content (AvgIpc) is 2.79. The molecule has 5 heteroatoms. The molecule has 3 aromatic rings. The fourth-order valence-corrected chi connectivity index (χ4v) is 5.54. The van der Waals surface area contributed by atoms with E-state index in [0.29, 0.717) is 40.3 Å². The minimum absolute atomic E-state index is 0.00186. The smallest absolute Gasteiger partial charge is 0.196 e. The topological polar surface area (TPSA) is 78.6 Å². The molecule has 4 atom stereocenters. The summed E-state index contributed by atoms with van der Waals surface area (Å²) in [6.07, 6.45) is 1.31. The second kappa shape index (κ2) is 8.08. The third-order valence-electron chi connectivity index (χ3n) is 7.44. The lowest BCUT2D eigenvalue weighted by Gasteiger charge is -2.39. The Balaban J connectivity index is 1.55. The molecule has 5 rings (SSSR count). The average molecular weight is 444 g/mol. The highest BCUT2D eigenvalue weighted by molar-refractivity contribution is 6.33. The van der Waals surface area contributed by atoms with Gasteiger partial charge in [-0.15, -0.1) is 0 Å². The van der Waals surface area contributed by atoms with Crippen LogP contribution in [0.25, 0.3) is 10.8 Å². The van der Waals surface area contributed by atoms with E-state index in [0.717, 1.165) is 28.3 Å². The lowest BCUT2D eigenvalue weighted by molar-refractivity contribution is -0.206. The highest BCUT2D eigenvalue weighted by Crippen LogP contribution is 2.39. The summed E-state index contributed by atoms with van der Waals surface area (Å²) in [5, 5.41) is 1.76. The van der Waals surface area contributed by atoms with Gasteiger partial charge in [0, 0.05) is 35.9 Å². The van der Waals surface area contributed by atoms with Crippen LogP contribution in [0.5, 0.6) is 0 Å². The van der Waals surface area contributed by atoms with Crippen molar-refractivity contribution in [2.75, 3.05) is 12.8 Å². The summed E-state index contributed by atoms with van der Waals surface area (Å²) in [6, 6.07) is 13.3. The molecule has 170 valence electrons. The van der Waals surface area contributed by atoms with Gasteiger partial charge in [-0.25, -0.2) is 0 Å². The van der Waals surface area contributed by atoms with Crippen molar-refractivity contribution in [1.29, 1.82) is 0 Å². The number of benzene rings is 3. The van der Waals surface area contributed by atoms with Crippen molar-refractivity contribution >= 4 is 28.0 Å². The molecule has 0 saturated carbocycles. The molecule has 33 heavy (non-hydrogen) atoms. The van der Waals surface area contributed by atoms with E-state index in [1.54, 1.807) is 19.2 Å². The monoisotopic (exact) mass is 443 g/mol. The number of fused-ring (bicyclic) bond motifs is 4. The van der Waals surface area contributed by atoms with Gasteiger partial charge in [0.15, 0.2) is 17.9 Å². The third kappa shape index (κ3) is 3.47. The first-order valence-electron chi connectivity index (χ1n) is 11.5. The second-order valence-corrected chi connectivity index (χ2v) is 9.52. The molecule has 0 radical (unpaired) electrons. The summed E-state index contributed by atoms with van der Waals surface area (Å²) >= 11 is 0. The molecule has 1 aliphatic heterocycles. The van der Waals surface area contributed by atoms with Gasteiger partial charge in [-0.2, -0.15) is 0 Å². The zero-order valence-electron chi connectivity index (χ0n) is 19.5. The number of carbonyl (C=O) groups excluding carboxylic acids is 2. The van der Waals surface area contributed by atoms with Crippen LogP contribution < -0.4 is 5.73 Å². The number of carbonyl (C=O) groups is 2. The molecule has 1 aliphatic carbocycles. The zero-order valence-corrected chi connectivity index (χ0v) is 19.5. The fraction of sp³-hybridized carbons (Fsp3) is 0.357. The van der Waals surface area contributed by atoms with Gasteiger partial charge in [-0.05, 0) is 60.6 Å². The van der Waals surface area contributed by atoms with Gasteiger partial charge in [0.05, 0.1) is 11.7 Å². The molecule has 5 nitrogen and oxygen atoms in total. The van der Waals surface area contributed by atoms with Crippen LogP contribution >= 0.6 is 0 Å². The SMILES string of the molecule is COC1CC(C)[C@@H](Cc2ccc3c(c2N)C(=O)c2ccc4cc(C)ccc4c2C3=O)C(C)O1. The molecule has 0 amide bonds. The summed E-state index contributed by atoms with van der Waals surface area (Å²) in [4.78, 5) is 27.1. The van der Waals surface area contributed by atoms with Gasteiger partial charge in [0.25, 0.3) is 0 Å². The normalized spacial score (nSPS) is 24.6. The lowest BCUT2D eigenvalue weighted by atomic mass is 9.77. The van der Waals surface area contributed by atoms with Crippen molar-refractivity contribution in [1.82, 2.24) is 0 Å². The molecule has 3 aromatic carbocycles. The molecule has 1 saturated heterocycles. The number of nitrogens with two attached hydrogens (primary N) is 1. The predicted molar refractivity (Wildman–Crippen MR) is 129 cm³/mol. The van der Waals surface area contributed by atoms with E-state index in [9.17, 15) is 9.59 Å². The molecule has 3 unspecified atom stereocenters. The van der Waals surface area contributed by atoms with Crippen LogP contribution in [0.4, 0.5) is 5.69 Å². The minimum atomic E-state index is -0.193. The Morgan fingerprint density at radius 2 is 1.70 bits per heavy atom. The standard InChI is InChI=1S/C28H29NO4/c1-14-5-8-19-17(11-14)6-9-20-24(19)27(30)21-10-7-18(26(29)25(21)28(20)31)13-22-15(2)12-23(32-4)33-16(22)3/h5-11,15-16,22-23H,12-13,29H2,1-4H3/t15?,16?,22-,23?/m1/s1. The molecular formula is C28H29NO4. The van der Waals surface area contributed by atoms with Crippen molar-refractivity contribution < 1.29 is 19.1 Å². The summed E-state index contributed by atoms with van der Waals surface area (Å²) in [7, 11) is 1.66. The maximum atomic E-state index is 13.6. The Morgan fingerprint density at radius 3 is 2.42 bits per heavy atom. The van der Waals surface area contributed by atoms with Crippen LogP contribution in [-0.2, 0) is 15.9 Å². The van der Waals surface area contributed by atoms with Crippen LogP contribution in [0.1, 0.15) is 63.2 Å². The minimum Gasteiger partial charge on any atom is -0.398 e. The summed E-state index contributed by atoms with van der Waals surface area (Å²) in [6.45, 7) is 6.26. The number of ketones is 2. The largest absolute Gasteiger partial charge is 0.398 e. The molecule has 0 aromatic heterocycles. The summed E-state index contributed by atoms with van der Waals surface area (Å²) < 4.78 is 11.4. The van der Waals surface area contributed by atoms with Crippen LogP contribution in [-0.4, -0.2) is 31.1 Å². The van der Waals surface area contributed by atoms with Crippen LogP contribution in [0.15, 0.2) is 42.5 Å². The number of rotatable bonds is 3. The lowest BCUT2D eigenvalue weighted by Crippen LogP contribution is -2.40.